The largest absolute Gasteiger partial charge is 0.388 e. The summed E-state index contributed by atoms with van der Waals surface area (Å²) in [6.45, 7) is 3.23. The first kappa shape index (κ1) is 13.5. The molecule has 2 rings (SSSR count). The molecule has 1 aromatic rings. The molecule has 1 fully saturated rings. The van der Waals surface area contributed by atoms with Crippen LogP contribution >= 0.6 is 0 Å². The van der Waals surface area contributed by atoms with Gasteiger partial charge in [-0.25, -0.2) is 4.39 Å². The lowest BCUT2D eigenvalue weighted by Gasteiger charge is -2.21. The van der Waals surface area contributed by atoms with Gasteiger partial charge in [0.05, 0.1) is 6.10 Å². The zero-order valence-electron chi connectivity index (χ0n) is 10.8. The molecular weight excluding hydrogens is 229 g/mol. The highest BCUT2D eigenvalue weighted by Crippen LogP contribution is 2.18. The van der Waals surface area contributed by atoms with Crippen LogP contribution in [0.4, 0.5) is 4.39 Å². The van der Waals surface area contributed by atoms with Crippen molar-refractivity contribution < 1.29 is 9.50 Å². The molecule has 1 aromatic carbocycles. The van der Waals surface area contributed by atoms with Gasteiger partial charge in [0.15, 0.2) is 0 Å². The second-order valence-corrected chi connectivity index (χ2v) is 5.11. The second-order valence-electron chi connectivity index (χ2n) is 5.11. The Morgan fingerprint density at radius 1 is 1.06 bits per heavy atom. The van der Waals surface area contributed by atoms with Gasteiger partial charge in [0.1, 0.15) is 5.82 Å². The zero-order valence-corrected chi connectivity index (χ0v) is 10.8. The van der Waals surface area contributed by atoms with Gasteiger partial charge in [-0.1, -0.05) is 25.0 Å². The summed E-state index contributed by atoms with van der Waals surface area (Å²) in [7, 11) is 0. The highest BCUT2D eigenvalue weighted by molar-refractivity contribution is 5.18. The summed E-state index contributed by atoms with van der Waals surface area (Å²) in [6, 6.07) is 6.15. The molecule has 0 saturated carbocycles. The molecule has 0 aromatic heterocycles. The molecule has 2 nitrogen and oxygen atoms in total. The zero-order chi connectivity index (χ0) is 12.8. The average Bonchev–Trinajstić information content (AvgIpc) is 2.65. The summed E-state index contributed by atoms with van der Waals surface area (Å²) in [4.78, 5) is 2.43. The molecule has 1 atom stereocenters. The van der Waals surface area contributed by atoms with E-state index in [2.05, 4.69) is 4.90 Å². The lowest BCUT2D eigenvalue weighted by atomic mass is 10.1. The third kappa shape index (κ3) is 4.07. The fraction of sp³-hybridized carbons (Fsp3) is 0.600. The summed E-state index contributed by atoms with van der Waals surface area (Å²) in [5.41, 5.74) is 0.811. The molecule has 0 bridgehead atoms. The summed E-state index contributed by atoms with van der Waals surface area (Å²) in [5.74, 6) is -0.251. The predicted molar refractivity (Wildman–Crippen MR) is 70.9 cm³/mol. The van der Waals surface area contributed by atoms with Crippen molar-refractivity contribution in [2.45, 2.75) is 38.2 Å². The van der Waals surface area contributed by atoms with Crippen molar-refractivity contribution in [1.29, 1.82) is 0 Å². The number of likely N-dealkylation sites (tertiary alicyclic amines) is 1. The third-order valence-electron chi connectivity index (χ3n) is 3.67. The molecule has 1 N–H and O–H groups in total. The van der Waals surface area contributed by atoms with Gasteiger partial charge in [0.2, 0.25) is 0 Å². The quantitative estimate of drug-likeness (QED) is 0.888. The lowest BCUT2D eigenvalue weighted by Crippen LogP contribution is -2.26. The molecule has 1 heterocycles. The number of aliphatic hydroxyl groups is 1. The highest BCUT2D eigenvalue weighted by Gasteiger charge is 2.12. The molecule has 0 aliphatic carbocycles. The number of hydrogen-bond acceptors (Lipinski definition) is 2. The van der Waals surface area contributed by atoms with Crippen molar-refractivity contribution in [1.82, 2.24) is 4.90 Å². The summed E-state index contributed by atoms with van der Waals surface area (Å²) in [5, 5.41) is 10.1. The monoisotopic (exact) mass is 251 g/mol. The van der Waals surface area contributed by atoms with Crippen LogP contribution < -0.4 is 0 Å². The average molecular weight is 251 g/mol. The molecule has 1 aliphatic rings. The lowest BCUT2D eigenvalue weighted by molar-refractivity contribution is 0.143. The Balaban J connectivity index is 1.80. The number of halogens is 1. The standard InChI is InChI=1S/C15H22FNO/c16-14-7-5-13(6-8-14)15(18)9-12-17-10-3-1-2-4-11-17/h5-8,15,18H,1-4,9-12H2. The number of hydrogen-bond donors (Lipinski definition) is 1. The Morgan fingerprint density at radius 2 is 1.67 bits per heavy atom. The predicted octanol–water partition coefficient (Wildman–Crippen LogP) is 3.13. The minimum atomic E-state index is -0.478. The van der Waals surface area contributed by atoms with Gasteiger partial charge in [-0.05, 0) is 50.0 Å². The van der Waals surface area contributed by atoms with E-state index in [9.17, 15) is 9.50 Å². The molecular formula is C15H22FNO. The molecule has 0 amide bonds. The maximum absolute atomic E-state index is 12.8. The minimum absolute atomic E-state index is 0.251. The van der Waals surface area contributed by atoms with Crippen LogP contribution in [0.2, 0.25) is 0 Å². The second kappa shape index (κ2) is 6.86. The molecule has 1 aliphatic heterocycles. The third-order valence-corrected chi connectivity index (χ3v) is 3.67. The smallest absolute Gasteiger partial charge is 0.123 e. The summed E-state index contributed by atoms with van der Waals surface area (Å²) in [6.07, 6.45) is 5.45. The number of nitrogens with zero attached hydrogens (tertiary/aromatic N) is 1. The van der Waals surface area contributed by atoms with E-state index in [4.69, 9.17) is 0 Å². The van der Waals surface area contributed by atoms with E-state index >= 15 is 0 Å². The van der Waals surface area contributed by atoms with Gasteiger partial charge in [0.25, 0.3) is 0 Å². The Hall–Kier alpha value is -0.930. The molecule has 0 radical (unpaired) electrons. The van der Waals surface area contributed by atoms with E-state index in [0.29, 0.717) is 0 Å². The first-order valence-corrected chi connectivity index (χ1v) is 6.91. The van der Waals surface area contributed by atoms with Crippen LogP contribution in [-0.4, -0.2) is 29.6 Å². The van der Waals surface area contributed by atoms with Gasteiger partial charge in [-0.2, -0.15) is 0 Å². The number of aliphatic hydroxyl groups excluding tert-OH is 1. The van der Waals surface area contributed by atoms with E-state index in [1.807, 2.05) is 0 Å². The fourth-order valence-electron chi connectivity index (χ4n) is 2.52. The maximum Gasteiger partial charge on any atom is 0.123 e. The van der Waals surface area contributed by atoms with E-state index in [1.54, 1.807) is 12.1 Å². The van der Waals surface area contributed by atoms with Gasteiger partial charge < -0.3 is 10.0 Å². The van der Waals surface area contributed by atoms with Crippen molar-refractivity contribution in [2.75, 3.05) is 19.6 Å². The Bertz CT molecular complexity index is 344. The van der Waals surface area contributed by atoms with Crippen LogP contribution in [0.25, 0.3) is 0 Å². The molecule has 1 saturated heterocycles. The first-order chi connectivity index (χ1) is 8.75. The normalized spacial score (nSPS) is 19.4. The van der Waals surface area contributed by atoms with Crippen LogP contribution in [0.1, 0.15) is 43.8 Å². The van der Waals surface area contributed by atoms with Crippen LogP contribution in [0.5, 0.6) is 0 Å². The van der Waals surface area contributed by atoms with E-state index in [-0.39, 0.29) is 5.82 Å². The maximum atomic E-state index is 12.8. The van der Waals surface area contributed by atoms with Gasteiger partial charge in [-0.3, -0.25) is 0 Å². The van der Waals surface area contributed by atoms with E-state index in [0.717, 1.165) is 31.6 Å². The highest BCUT2D eigenvalue weighted by atomic mass is 19.1. The molecule has 3 heteroatoms. The first-order valence-electron chi connectivity index (χ1n) is 6.91. The molecule has 1 unspecified atom stereocenters. The molecule has 100 valence electrons. The van der Waals surface area contributed by atoms with Crippen LogP contribution in [0.15, 0.2) is 24.3 Å². The Labute approximate surface area is 108 Å². The van der Waals surface area contributed by atoms with Crippen LogP contribution in [0, 0.1) is 5.82 Å². The molecule has 0 spiro atoms. The van der Waals surface area contributed by atoms with Crippen molar-refractivity contribution in [2.24, 2.45) is 0 Å². The van der Waals surface area contributed by atoms with Crippen molar-refractivity contribution in [3.8, 4) is 0 Å². The van der Waals surface area contributed by atoms with Gasteiger partial charge in [0, 0.05) is 6.54 Å². The van der Waals surface area contributed by atoms with Gasteiger partial charge in [-0.15, -0.1) is 0 Å². The van der Waals surface area contributed by atoms with Crippen LogP contribution in [-0.2, 0) is 0 Å². The SMILES string of the molecule is OC(CCN1CCCCCC1)c1ccc(F)cc1. The van der Waals surface area contributed by atoms with Crippen molar-refractivity contribution in [3.63, 3.8) is 0 Å². The van der Waals surface area contributed by atoms with Crippen molar-refractivity contribution >= 4 is 0 Å². The van der Waals surface area contributed by atoms with Crippen LogP contribution in [0.3, 0.4) is 0 Å². The fourth-order valence-corrected chi connectivity index (χ4v) is 2.52. The Morgan fingerprint density at radius 3 is 2.28 bits per heavy atom. The minimum Gasteiger partial charge on any atom is -0.388 e. The van der Waals surface area contributed by atoms with Crippen molar-refractivity contribution in [3.05, 3.63) is 35.6 Å². The topological polar surface area (TPSA) is 23.5 Å². The number of rotatable bonds is 4. The van der Waals surface area contributed by atoms with E-state index in [1.165, 1.54) is 37.8 Å². The summed E-state index contributed by atoms with van der Waals surface area (Å²) < 4.78 is 12.8. The van der Waals surface area contributed by atoms with E-state index < -0.39 is 6.10 Å². The van der Waals surface area contributed by atoms with Gasteiger partial charge >= 0.3 is 0 Å². The Kier molecular flexibility index (Phi) is 5.14. The number of benzene rings is 1. The summed E-state index contributed by atoms with van der Waals surface area (Å²) >= 11 is 0. The molecule has 18 heavy (non-hydrogen) atoms.